The molecule has 6 heteroatoms. The van der Waals surface area contributed by atoms with Crippen LogP contribution in [0.4, 0.5) is 0 Å². The van der Waals surface area contributed by atoms with Crippen LogP contribution in [0.5, 0.6) is 0 Å². The molecule has 0 heterocycles. The Kier molecular flexibility index (Phi) is 5.96. The van der Waals surface area contributed by atoms with Gasteiger partial charge in [0.05, 0.1) is 5.92 Å². The van der Waals surface area contributed by atoms with Gasteiger partial charge in [-0.25, -0.2) is 9.59 Å². The maximum absolute atomic E-state index is 11.9. The predicted octanol–water partition coefficient (Wildman–Crippen LogP) is 1.32. The Balaban J connectivity index is 2.53. The summed E-state index contributed by atoms with van der Waals surface area (Å²) in [5.74, 6) is -3.25. The molecule has 0 aromatic carbocycles. The number of aliphatic carboxylic acids is 1. The van der Waals surface area contributed by atoms with Crippen LogP contribution in [0, 0.1) is 11.8 Å². The molecule has 1 rings (SSSR count). The monoisotopic (exact) mass is 282 g/mol. The third-order valence-electron chi connectivity index (χ3n) is 3.12. The molecule has 0 aliphatic heterocycles. The van der Waals surface area contributed by atoms with E-state index in [0.29, 0.717) is 6.42 Å². The molecule has 0 aromatic heterocycles. The molecule has 0 amide bonds. The van der Waals surface area contributed by atoms with Crippen LogP contribution < -0.4 is 0 Å². The quantitative estimate of drug-likeness (QED) is 0.449. The normalized spacial score (nSPS) is 21.6. The van der Waals surface area contributed by atoms with Gasteiger partial charge >= 0.3 is 17.9 Å². The van der Waals surface area contributed by atoms with E-state index in [1.807, 2.05) is 0 Å². The molecule has 2 atom stereocenters. The van der Waals surface area contributed by atoms with Gasteiger partial charge in [0, 0.05) is 11.6 Å². The number of esters is 2. The Morgan fingerprint density at radius 3 is 2.65 bits per heavy atom. The number of ether oxygens (including phenoxy) is 2. The van der Waals surface area contributed by atoms with E-state index in [1.54, 1.807) is 13.0 Å². The molecular weight excluding hydrogens is 264 g/mol. The first-order valence-electron chi connectivity index (χ1n) is 6.36. The molecule has 6 nitrogen and oxygen atoms in total. The summed E-state index contributed by atoms with van der Waals surface area (Å²) in [5.41, 5.74) is 0.172. The maximum atomic E-state index is 11.9. The van der Waals surface area contributed by atoms with Crippen LogP contribution in [-0.2, 0) is 23.9 Å². The van der Waals surface area contributed by atoms with Crippen molar-refractivity contribution in [2.24, 2.45) is 11.8 Å². The fourth-order valence-electron chi connectivity index (χ4n) is 2.11. The van der Waals surface area contributed by atoms with Crippen LogP contribution in [0.1, 0.15) is 19.8 Å². The molecule has 0 radical (unpaired) electrons. The van der Waals surface area contributed by atoms with Gasteiger partial charge in [-0.1, -0.05) is 19.6 Å². The molecule has 0 saturated heterocycles. The summed E-state index contributed by atoms with van der Waals surface area (Å²) < 4.78 is 9.58. The molecule has 0 fully saturated rings. The second-order valence-electron chi connectivity index (χ2n) is 4.54. The second kappa shape index (κ2) is 7.47. The molecule has 2 unspecified atom stereocenters. The molecule has 0 bridgehead atoms. The highest BCUT2D eigenvalue weighted by Gasteiger charge is 2.35. The van der Waals surface area contributed by atoms with E-state index in [-0.39, 0.29) is 24.7 Å². The lowest BCUT2D eigenvalue weighted by molar-refractivity contribution is -0.150. The Bertz CT molecular complexity index is 437. The highest BCUT2D eigenvalue weighted by atomic mass is 16.6. The zero-order valence-electron chi connectivity index (χ0n) is 11.3. The number of hydrogen-bond donors (Lipinski definition) is 1. The van der Waals surface area contributed by atoms with Gasteiger partial charge in [-0.15, -0.1) is 0 Å². The second-order valence-corrected chi connectivity index (χ2v) is 4.54. The number of allylic oxidation sites excluding steroid dienone is 1. The predicted molar refractivity (Wildman–Crippen MR) is 69.7 cm³/mol. The van der Waals surface area contributed by atoms with Crippen LogP contribution in [0.15, 0.2) is 24.3 Å². The summed E-state index contributed by atoms with van der Waals surface area (Å²) in [4.78, 5) is 33.8. The van der Waals surface area contributed by atoms with Crippen molar-refractivity contribution in [3.63, 3.8) is 0 Å². The van der Waals surface area contributed by atoms with Crippen LogP contribution >= 0.6 is 0 Å². The highest BCUT2D eigenvalue weighted by Crippen LogP contribution is 2.31. The Hall–Kier alpha value is -2.11. The highest BCUT2D eigenvalue weighted by molar-refractivity contribution is 5.95. The third kappa shape index (κ3) is 4.22. The van der Waals surface area contributed by atoms with Crippen molar-refractivity contribution in [2.75, 3.05) is 13.2 Å². The minimum atomic E-state index is -1.03. The van der Waals surface area contributed by atoms with Crippen LogP contribution in [0.2, 0.25) is 0 Å². The largest absolute Gasteiger partial charge is 0.481 e. The lowest BCUT2D eigenvalue weighted by Crippen LogP contribution is -2.31. The number of carboxylic acids is 1. The van der Waals surface area contributed by atoms with Crippen molar-refractivity contribution >= 4 is 17.9 Å². The summed E-state index contributed by atoms with van der Waals surface area (Å²) in [6.45, 7) is 4.82. The molecule has 110 valence electrons. The van der Waals surface area contributed by atoms with Crippen molar-refractivity contribution in [3.05, 3.63) is 24.3 Å². The molecule has 20 heavy (non-hydrogen) atoms. The Labute approximate surface area is 117 Å². The first-order valence-corrected chi connectivity index (χ1v) is 6.36. The van der Waals surface area contributed by atoms with E-state index in [9.17, 15) is 19.5 Å². The van der Waals surface area contributed by atoms with E-state index >= 15 is 0 Å². The van der Waals surface area contributed by atoms with Crippen LogP contribution in [0.25, 0.3) is 0 Å². The van der Waals surface area contributed by atoms with E-state index in [0.717, 1.165) is 12.5 Å². The molecule has 1 aliphatic carbocycles. The van der Waals surface area contributed by atoms with Gasteiger partial charge in [0.2, 0.25) is 0 Å². The lowest BCUT2D eigenvalue weighted by atomic mass is 9.79. The molecule has 0 spiro atoms. The number of carboxylic acid groups (broad SMARTS) is 1. The van der Waals surface area contributed by atoms with E-state index in [4.69, 9.17) is 4.74 Å². The van der Waals surface area contributed by atoms with Gasteiger partial charge in [0.15, 0.2) is 0 Å². The molecule has 1 aliphatic rings. The smallest absolute Gasteiger partial charge is 0.334 e. The molecule has 0 aromatic rings. The van der Waals surface area contributed by atoms with Gasteiger partial charge in [-0.3, -0.25) is 4.79 Å². The standard InChI is InChI=1S/C14H18O6/c1-3-11(15)19-7-8-20-14(18)10-6-4-5-9(2)12(10)13(16)17/h3,6,9,12H,1,4-5,7-8H2,2H3,(H,16,17). The van der Waals surface area contributed by atoms with Gasteiger partial charge < -0.3 is 14.6 Å². The molecular formula is C14H18O6. The zero-order valence-corrected chi connectivity index (χ0v) is 11.3. The summed E-state index contributed by atoms with van der Waals surface area (Å²) in [5, 5.41) is 9.18. The third-order valence-corrected chi connectivity index (χ3v) is 3.12. The van der Waals surface area contributed by atoms with Crippen LogP contribution in [0.3, 0.4) is 0 Å². The van der Waals surface area contributed by atoms with Gasteiger partial charge in [0.1, 0.15) is 13.2 Å². The Morgan fingerprint density at radius 1 is 1.40 bits per heavy atom. The average Bonchev–Trinajstić information content (AvgIpc) is 2.42. The van der Waals surface area contributed by atoms with Gasteiger partial charge in [0.25, 0.3) is 0 Å². The SMILES string of the molecule is C=CC(=O)OCCOC(=O)C1=CCCC(C)C1C(=O)O. The van der Waals surface area contributed by atoms with E-state index < -0.39 is 23.8 Å². The lowest BCUT2D eigenvalue weighted by Gasteiger charge is -2.25. The summed E-state index contributed by atoms with van der Waals surface area (Å²) >= 11 is 0. The van der Waals surface area contributed by atoms with Crippen molar-refractivity contribution < 1.29 is 29.0 Å². The maximum Gasteiger partial charge on any atom is 0.334 e. The topological polar surface area (TPSA) is 89.9 Å². The fraction of sp³-hybridized carbons (Fsp3) is 0.500. The van der Waals surface area contributed by atoms with Crippen LogP contribution in [-0.4, -0.2) is 36.2 Å². The average molecular weight is 282 g/mol. The van der Waals surface area contributed by atoms with E-state index in [1.165, 1.54) is 0 Å². The summed E-state index contributed by atoms with van der Waals surface area (Å²) in [6, 6.07) is 0. The molecule has 0 saturated carbocycles. The number of rotatable bonds is 6. The number of carbonyl (C=O) groups is 3. The minimum Gasteiger partial charge on any atom is -0.481 e. The zero-order chi connectivity index (χ0) is 15.1. The first kappa shape index (κ1) is 15.9. The minimum absolute atomic E-state index is 0.0861. The molecule has 1 N–H and O–H groups in total. The van der Waals surface area contributed by atoms with Crippen molar-refractivity contribution in [1.29, 1.82) is 0 Å². The van der Waals surface area contributed by atoms with Gasteiger partial charge in [-0.05, 0) is 18.8 Å². The fourth-order valence-corrected chi connectivity index (χ4v) is 2.11. The van der Waals surface area contributed by atoms with Crippen molar-refractivity contribution in [3.8, 4) is 0 Å². The van der Waals surface area contributed by atoms with Gasteiger partial charge in [-0.2, -0.15) is 0 Å². The number of hydrogen-bond acceptors (Lipinski definition) is 5. The first-order chi connectivity index (χ1) is 9.47. The van der Waals surface area contributed by atoms with E-state index in [2.05, 4.69) is 11.3 Å². The van der Waals surface area contributed by atoms with Crippen molar-refractivity contribution in [2.45, 2.75) is 19.8 Å². The summed E-state index contributed by atoms with van der Waals surface area (Å²) in [7, 11) is 0. The summed E-state index contributed by atoms with van der Waals surface area (Å²) in [6.07, 6.45) is 4.00. The Morgan fingerprint density at radius 2 is 2.05 bits per heavy atom. The number of carbonyl (C=O) groups excluding carboxylic acids is 2. The van der Waals surface area contributed by atoms with Crippen molar-refractivity contribution in [1.82, 2.24) is 0 Å².